The highest BCUT2D eigenvalue weighted by atomic mass is 16.5. The number of rotatable bonds is 2. The molecule has 1 aromatic rings. The number of carbonyl (C=O) groups excluding carboxylic acids is 2. The van der Waals surface area contributed by atoms with Crippen LogP contribution >= 0.6 is 0 Å². The summed E-state index contributed by atoms with van der Waals surface area (Å²) in [5.74, 6) is 0.830. The molecule has 2 aliphatic heterocycles. The van der Waals surface area contributed by atoms with E-state index in [0.717, 1.165) is 29.8 Å². The van der Waals surface area contributed by atoms with Gasteiger partial charge in [0.15, 0.2) is 0 Å². The molecule has 1 spiro atoms. The molecular weight excluding hydrogens is 346 g/mol. The van der Waals surface area contributed by atoms with Crippen molar-refractivity contribution in [3.05, 3.63) is 29.3 Å². The van der Waals surface area contributed by atoms with Gasteiger partial charge in [0.1, 0.15) is 11.3 Å². The fourth-order valence-electron chi connectivity index (χ4n) is 6.21. The molecule has 144 valence electrons. The van der Waals surface area contributed by atoms with Gasteiger partial charge in [-0.3, -0.25) is 10.1 Å². The highest BCUT2D eigenvalue weighted by molar-refractivity contribution is 6.07. The maximum atomic E-state index is 12.7. The molecule has 2 aliphatic carbocycles. The maximum Gasteiger partial charge on any atom is 0.322 e. The van der Waals surface area contributed by atoms with Crippen molar-refractivity contribution in [1.29, 1.82) is 0 Å². The minimum atomic E-state index is -0.956. The predicted octanol–water partition coefficient (Wildman–Crippen LogP) is 0.726. The molecule has 1 unspecified atom stereocenters. The van der Waals surface area contributed by atoms with E-state index in [9.17, 15) is 14.7 Å². The van der Waals surface area contributed by atoms with Crippen molar-refractivity contribution in [2.75, 3.05) is 13.7 Å². The number of hydrogen-bond acceptors (Lipinski definition) is 5. The lowest BCUT2D eigenvalue weighted by molar-refractivity contribution is -0.134. The zero-order valence-corrected chi connectivity index (χ0v) is 15.6. The van der Waals surface area contributed by atoms with Gasteiger partial charge >= 0.3 is 6.03 Å². The average Bonchev–Trinajstić information content (AvgIpc) is 2.97. The summed E-state index contributed by atoms with van der Waals surface area (Å²) in [6.45, 7) is 2.91. The van der Waals surface area contributed by atoms with Crippen LogP contribution in [0.3, 0.4) is 0 Å². The van der Waals surface area contributed by atoms with E-state index in [4.69, 9.17) is 4.74 Å². The summed E-state index contributed by atoms with van der Waals surface area (Å²) in [5.41, 5.74) is -0.433. The number of aliphatic hydroxyl groups is 1. The Hall–Kier alpha value is -2.12. The van der Waals surface area contributed by atoms with Gasteiger partial charge in [-0.15, -0.1) is 0 Å². The maximum absolute atomic E-state index is 12.7. The predicted molar refractivity (Wildman–Crippen MR) is 97.5 cm³/mol. The molecule has 7 nitrogen and oxygen atoms in total. The van der Waals surface area contributed by atoms with Gasteiger partial charge in [-0.25, -0.2) is 4.79 Å². The van der Waals surface area contributed by atoms with E-state index in [1.54, 1.807) is 7.11 Å². The lowest BCUT2D eigenvalue weighted by atomic mass is 9.55. The van der Waals surface area contributed by atoms with E-state index < -0.39 is 22.6 Å². The summed E-state index contributed by atoms with van der Waals surface area (Å²) in [7, 11) is 1.63. The Bertz CT molecular complexity index is 858. The summed E-state index contributed by atoms with van der Waals surface area (Å²) in [6.07, 6.45) is 2.10. The number of urea groups is 1. The van der Waals surface area contributed by atoms with Crippen molar-refractivity contribution in [1.82, 2.24) is 16.0 Å². The number of aryl methyl sites for hydroxylation is 1. The van der Waals surface area contributed by atoms with Gasteiger partial charge in [0.05, 0.1) is 12.7 Å². The molecule has 3 amide bonds. The molecule has 27 heavy (non-hydrogen) atoms. The molecule has 4 fully saturated rings. The summed E-state index contributed by atoms with van der Waals surface area (Å²) in [4.78, 5) is 24.6. The molecule has 4 N–H and O–H groups in total. The molecule has 0 bridgehead atoms. The fourth-order valence-corrected chi connectivity index (χ4v) is 6.21. The molecule has 5 rings (SSSR count). The second-order valence-electron chi connectivity index (χ2n) is 8.70. The van der Waals surface area contributed by atoms with E-state index in [-0.39, 0.29) is 11.9 Å². The zero-order chi connectivity index (χ0) is 19.0. The number of benzene rings is 1. The molecule has 1 aromatic carbocycles. The summed E-state index contributed by atoms with van der Waals surface area (Å²) < 4.78 is 5.46. The average molecular weight is 371 g/mol. The summed E-state index contributed by atoms with van der Waals surface area (Å²) in [5, 5.41) is 20.6. The largest absolute Gasteiger partial charge is 0.497 e. The Morgan fingerprint density at radius 3 is 2.70 bits per heavy atom. The molecule has 7 heteroatoms. The van der Waals surface area contributed by atoms with Crippen LogP contribution in [0.5, 0.6) is 5.75 Å². The number of methoxy groups -OCH3 is 1. The third kappa shape index (κ3) is 1.99. The van der Waals surface area contributed by atoms with E-state index in [2.05, 4.69) is 16.0 Å². The first kappa shape index (κ1) is 17.0. The molecule has 4 aliphatic rings. The van der Waals surface area contributed by atoms with Crippen LogP contribution in [-0.4, -0.2) is 47.9 Å². The van der Waals surface area contributed by atoms with Crippen LogP contribution in [0.15, 0.2) is 18.2 Å². The number of ether oxygens (including phenoxy) is 1. The molecule has 2 saturated heterocycles. The molecule has 0 aromatic heterocycles. The lowest BCUT2D eigenvalue weighted by Crippen LogP contribution is -2.69. The number of amides is 3. The molecular formula is C20H25N3O4. The number of fused-ring (bicyclic) bond motifs is 3. The Labute approximate surface area is 157 Å². The number of hydrogen-bond donors (Lipinski definition) is 4. The normalized spacial score (nSPS) is 42.2. The Balaban J connectivity index is 1.69. The minimum Gasteiger partial charge on any atom is -0.497 e. The first-order valence-corrected chi connectivity index (χ1v) is 9.58. The first-order valence-electron chi connectivity index (χ1n) is 9.58. The molecule has 5 atom stereocenters. The summed E-state index contributed by atoms with van der Waals surface area (Å²) in [6, 6.07) is 5.51. The smallest absolute Gasteiger partial charge is 0.322 e. The highest BCUT2D eigenvalue weighted by Crippen LogP contribution is 2.63. The van der Waals surface area contributed by atoms with Crippen LogP contribution in [0.2, 0.25) is 0 Å². The van der Waals surface area contributed by atoms with E-state index >= 15 is 0 Å². The van der Waals surface area contributed by atoms with Crippen LogP contribution in [0.25, 0.3) is 0 Å². The van der Waals surface area contributed by atoms with Crippen molar-refractivity contribution in [2.45, 2.75) is 55.2 Å². The van der Waals surface area contributed by atoms with Gasteiger partial charge in [0.2, 0.25) is 0 Å². The minimum absolute atomic E-state index is 0.0283. The van der Waals surface area contributed by atoms with Gasteiger partial charge in [-0.2, -0.15) is 0 Å². The Morgan fingerprint density at radius 1 is 1.26 bits per heavy atom. The standard InChI is InChI=1S/C20H25N3O4/c1-11-3-4-13(27-2)7-14(11)18-8-12-9-21-15(12)20(18,26)6-5-19(10-18)16(24)22-17(25)23-19/h3-4,7,12,15,21,26H,5-6,8-10H2,1-2H3,(H2,22,23,24,25)/t12?,15-,18-,19+,20-/m1/s1. The van der Waals surface area contributed by atoms with Gasteiger partial charge in [-0.05, 0) is 68.3 Å². The Kier molecular flexibility index (Phi) is 3.30. The van der Waals surface area contributed by atoms with E-state index in [0.29, 0.717) is 25.2 Å². The third-order valence-corrected chi connectivity index (χ3v) is 7.54. The quantitative estimate of drug-likeness (QED) is 0.575. The van der Waals surface area contributed by atoms with Crippen molar-refractivity contribution < 1.29 is 19.4 Å². The van der Waals surface area contributed by atoms with Crippen LogP contribution in [-0.2, 0) is 10.2 Å². The van der Waals surface area contributed by atoms with Gasteiger partial charge in [0.25, 0.3) is 5.91 Å². The highest BCUT2D eigenvalue weighted by Gasteiger charge is 2.72. The van der Waals surface area contributed by atoms with E-state index in [1.807, 2.05) is 25.1 Å². The second-order valence-corrected chi connectivity index (χ2v) is 8.70. The van der Waals surface area contributed by atoms with Gasteiger partial charge in [-0.1, -0.05) is 6.07 Å². The van der Waals surface area contributed by atoms with Crippen molar-refractivity contribution in [3.63, 3.8) is 0 Å². The Morgan fingerprint density at radius 2 is 2.07 bits per heavy atom. The van der Waals surface area contributed by atoms with Crippen molar-refractivity contribution in [3.8, 4) is 5.75 Å². The first-order chi connectivity index (χ1) is 12.8. The van der Waals surface area contributed by atoms with Crippen LogP contribution in [0, 0.1) is 12.8 Å². The molecule has 2 saturated carbocycles. The third-order valence-electron chi connectivity index (χ3n) is 7.54. The second kappa shape index (κ2) is 5.23. The zero-order valence-electron chi connectivity index (χ0n) is 15.6. The SMILES string of the molecule is COc1ccc(C)c([C@]23CC4CN[C@H]4[C@]2(O)CC[C@@]2(C3)NC(=O)NC2=O)c1. The lowest BCUT2D eigenvalue weighted by Gasteiger charge is -2.54. The van der Waals surface area contributed by atoms with Crippen molar-refractivity contribution >= 4 is 11.9 Å². The molecule has 0 radical (unpaired) electrons. The van der Waals surface area contributed by atoms with E-state index in [1.165, 1.54) is 0 Å². The number of imide groups is 1. The molecule has 2 heterocycles. The van der Waals surface area contributed by atoms with Crippen LogP contribution < -0.4 is 20.7 Å². The van der Waals surface area contributed by atoms with Crippen LogP contribution in [0.4, 0.5) is 4.79 Å². The topological polar surface area (TPSA) is 99.7 Å². The monoisotopic (exact) mass is 371 g/mol. The number of nitrogens with one attached hydrogen (secondary N) is 3. The van der Waals surface area contributed by atoms with Gasteiger partial charge < -0.3 is 20.5 Å². The fraction of sp³-hybridized carbons (Fsp3) is 0.600. The van der Waals surface area contributed by atoms with Crippen molar-refractivity contribution in [2.24, 2.45) is 5.92 Å². The number of carbonyl (C=O) groups is 2. The van der Waals surface area contributed by atoms with Crippen LogP contribution in [0.1, 0.15) is 36.8 Å². The van der Waals surface area contributed by atoms with Gasteiger partial charge in [0, 0.05) is 11.5 Å². The summed E-state index contributed by atoms with van der Waals surface area (Å²) >= 11 is 0.